The first-order valence-electron chi connectivity index (χ1n) is 18.8. The molecule has 0 bridgehead atoms. The summed E-state index contributed by atoms with van der Waals surface area (Å²) in [5.74, 6) is 1.68. The third-order valence-corrected chi connectivity index (χ3v) is 11.2. The largest absolute Gasteiger partial charge is 0.455 e. The van der Waals surface area contributed by atoms with Crippen molar-refractivity contribution in [2.45, 2.75) is 0 Å². The van der Waals surface area contributed by atoms with Crippen LogP contribution in [0.4, 0.5) is 0 Å². The van der Waals surface area contributed by atoms with Crippen molar-refractivity contribution in [1.29, 1.82) is 0 Å². The van der Waals surface area contributed by atoms with Crippen LogP contribution < -0.4 is 0 Å². The van der Waals surface area contributed by atoms with Crippen LogP contribution in [0.3, 0.4) is 0 Å². The van der Waals surface area contributed by atoms with Gasteiger partial charge in [-0.15, -0.1) is 0 Å². The average molecular weight is 715 g/mol. The molecule has 0 aliphatic carbocycles. The van der Waals surface area contributed by atoms with Gasteiger partial charge in [-0.3, -0.25) is 4.57 Å². The van der Waals surface area contributed by atoms with E-state index in [-0.39, 0.29) is 0 Å². The molecule has 0 spiro atoms. The Morgan fingerprint density at radius 2 is 1.05 bits per heavy atom. The molecule has 3 heterocycles. The van der Waals surface area contributed by atoms with Crippen molar-refractivity contribution >= 4 is 76.1 Å². The molecule has 12 rings (SSSR count). The standard InChI is InChI=1S/C51H30N4O/c1-2-11-31(12-3-1)36-23-21-32-22-24-37(28-38(32)27-36)49-52-50(42-19-10-18-40-43-29-34-14-4-5-15-35(34)30-46(43)56-48(40)42)54-51(53-49)55-44-20-9-8-17-41(44)47-39-16-7-6-13-33(39)25-26-45(47)55/h1-30H. The monoisotopic (exact) mass is 714 g/mol. The molecule has 0 N–H and O–H groups in total. The van der Waals surface area contributed by atoms with Gasteiger partial charge in [0.1, 0.15) is 11.2 Å². The van der Waals surface area contributed by atoms with Crippen LogP contribution in [0.25, 0.3) is 116 Å². The molecular formula is C51H30N4O. The third-order valence-electron chi connectivity index (χ3n) is 11.2. The summed E-state index contributed by atoms with van der Waals surface area (Å²) in [5, 5.41) is 11.4. The summed E-state index contributed by atoms with van der Waals surface area (Å²) < 4.78 is 8.90. The van der Waals surface area contributed by atoms with E-state index in [2.05, 4.69) is 180 Å². The number of nitrogens with zero attached hydrogens (tertiary/aromatic N) is 4. The zero-order valence-corrected chi connectivity index (χ0v) is 30.0. The minimum atomic E-state index is 0.545. The van der Waals surface area contributed by atoms with Gasteiger partial charge in [0.15, 0.2) is 11.6 Å². The molecule has 0 fully saturated rings. The summed E-state index contributed by atoms with van der Waals surface area (Å²) in [6, 6.07) is 64.0. The lowest BCUT2D eigenvalue weighted by molar-refractivity contribution is 0.670. The zero-order chi connectivity index (χ0) is 36.7. The van der Waals surface area contributed by atoms with E-state index in [1.165, 1.54) is 27.1 Å². The van der Waals surface area contributed by atoms with E-state index < -0.39 is 0 Å². The molecule has 5 nitrogen and oxygen atoms in total. The van der Waals surface area contributed by atoms with Crippen LogP contribution in [0, 0.1) is 0 Å². The Balaban J connectivity index is 1.14. The summed E-state index contributed by atoms with van der Waals surface area (Å²) in [4.78, 5) is 15.9. The predicted octanol–water partition coefficient (Wildman–Crippen LogP) is 13.3. The first-order chi connectivity index (χ1) is 27.7. The number of aromatic nitrogens is 4. The minimum Gasteiger partial charge on any atom is -0.455 e. The molecule has 0 atom stereocenters. The number of rotatable bonds is 4. The van der Waals surface area contributed by atoms with Crippen molar-refractivity contribution in [3.05, 3.63) is 182 Å². The van der Waals surface area contributed by atoms with Gasteiger partial charge in [-0.1, -0.05) is 140 Å². The molecule has 260 valence electrons. The number of benzene rings is 9. The SMILES string of the molecule is c1ccc(-c2ccc3ccc(-c4nc(-c5cccc6c5oc5cc7ccccc7cc56)nc(-n5c6ccccc6c6c7ccccc7ccc65)n4)cc3c2)cc1. The molecule has 0 aliphatic rings. The van der Waals surface area contributed by atoms with Gasteiger partial charge in [-0.25, -0.2) is 4.98 Å². The number of hydrogen-bond acceptors (Lipinski definition) is 4. The van der Waals surface area contributed by atoms with Crippen LogP contribution in [-0.2, 0) is 0 Å². The van der Waals surface area contributed by atoms with Gasteiger partial charge in [0.2, 0.25) is 5.95 Å². The normalized spacial score (nSPS) is 11.9. The molecule has 0 saturated heterocycles. The van der Waals surface area contributed by atoms with E-state index in [1.54, 1.807) is 0 Å². The van der Waals surface area contributed by atoms with Crippen LogP contribution in [0.15, 0.2) is 186 Å². The molecule has 0 amide bonds. The second-order valence-electron chi connectivity index (χ2n) is 14.4. The molecule has 0 radical (unpaired) electrons. The molecule has 9 aromatic carbocycles. The van der Waals surface area contributed by atoms with Crippen molar-refractivity contribution in [3.8, 4) is 39.9 Å². The Hall–Kier alpha value is -7.63. The summed E-state index contributed by atoms with van der Waals surface area (Å²) in [6.07, 6.45) is 0. The zero-order valence-electron chi connectivity index (χ0n) is 30.0. The van der Waals surface area contributed by atoms with E-state index in [0.717, 1.165) is 71.2 Å². The van der Waals surface area contributed by atoms with Gasteiger partial charge in [0.05, 0.1) is 16.6 Å². The van der Waals surface area contributed by atoms with Crippen LogP contribution in [-0.4, -0.2) is 19.5 Å². The highest BCUT2D eigenvalue weighted by Crippen LogP contribution is 2.40. The van der Waals surface area contributed by atoms with Gasteiger partial charge in [0, 0.05) is 27.1 Å². The van der Waals surface area contributed by atoms with E-state index in [0.29, 0.717) is 17.6 Å². The number of para-hydroxylation sites is 2. The van der Waals surface area contributed by atoms with E-state index in [4.69, 9.17) is 19.4 Å². The molecule has 3 aromatic heterocycles. The van der Waals surface area contributed by atoms with Crippen LogP contribution >= 0.6 is 0 Å². The predicted molar refractivity (Wildman–Crippen MR) is 230 cm³/mol. The lowest BCUT2D eigenvalue weighted by Gasteiger charge is -2.12. The molecule has 12 aromatic rings. The van der Waals surface area contributed by atoms with Crippen LogP contribution in [0.1, 0.15) is 0 Å². The Labute approximate surface area is 320 Å². The topological polar surface area (TPSA) is 56.7 Å². The summed E-state index contributed by atoms with van der Waals surface area (Å²) in [7, 11) is 0. The van der Waals surface area contributed by atoms with Crippen LogP contribution in [0.2, 0.25) is 0 Å². The van der Waals surface area contributed by atoms with Gasteiger partial charge in [-0.05, 0) is 85.9 Å². The van der Waals surface area contributed by atoms with Crippen LogP contribution in [0.5, 0.6) is 0 Å². The first-order valence-corrected chi connectivity index (χ1v) is 18.8. The second kappa shape index (κ2) is 11.9. The fraction of sp³-hybridized carbons (Fsp3) is 0. The Morgan fingerprint density at radius 3 is 1.93 bits per heavy atom. The van der Waals surface area contributed by atoms with Gasteiger partial charge in [-0.2, -0.15) is 9.97 Å². The second-order valence-corrected chi connectivity index (χ2v) is 14.4. The fourth-order valence-electron chi connectivity index (χ4n) is 8.52. The highest BCUT2D eigenvalue weighted by Gasteiger charge is 2.21. The van der Waals surface area contributed by atoms with Crippen molar-refractivity contribution in [2.24, 2.45) is 0 Å². The van der Waals surface area contributed by atoms with Gasteiger partial charge >= 0.3 is 0 Å². The molecule has 56 heavy (non-hydrogen) atoms. The lowest BCUT2D eigenvalue weighted by atomic mass is 10.00. The maximum atomic E-state index is 6.72. The highest BCUT2D eigenvalue weighted by molar-refractivity contribution is 6.21. The quantitative estimate of drug-likeness (QED) is 0.182. The minimum absolute atomic E-state index is 0.545. The Kier molecular flexibility index (Phi) is 6.56. The molecule has 0 saturated carbocycles. The van der Waals surface area contributed by atoms with Crippen molar-refractivity contribution < 1.29 is 4.42 Å². The lowest BCUT2D eigenvalue weighted by Crippen LogP contribution is -2.06. The van der Waals surface area contributed by atoms with E-state index >= 15 is 0 Å². The Bertz CT molecular complexity index is 3540. The maximum absolute atomic E-state index is 6.72. The molecular weight excluding hydrogens is 685 g/mol. The highest BCUT2D eigenvalue weighted by atomic mass is 16.3. The number of fused-ring (bicyclic) bond motifs is 10. The summed E-state index contributed by atoms with van der Waals surface area (Å²) in [5.41, 5.74) is 7.70. The average Bonchev–Trinajstić information content (AvgIpc) is 3.81. The maximum Gasteiger partial charge on any atom is 0.238 e. The van der Waals surface area contributed by atoms with Gasteiger partial charge in [0.25, 0.3) is 0 Å². The molecule has 0 aliphatic heterocycles. The first kappa shape index (κ1) is 30.8. The van der Waals surface area contributed by atoms with E-state index in [9.17, 15) is 0 Å². The van der Waals surface area contributed by atoms with Gasteiger partial charge < -0.3 is 4.42 Å². The fourth-order valence-corrected chi connectivity index (χ4v) is 8.52. The van der Waals surface area contributed by atoms with Crippen molar-refractivity contribution in [2.75, 3.05) is 0 Å². The number of hydrogen-bond donors (Lipinski definition) is 0. The molecule has 5 heteroatoms. The Morgan fingerprint density at radius 1 is 0.375 bits per heavy atom. The number of furan rings is 1. The molecule has 0 unspecified atom stereocenters. The van der Waals surface area contributed by atoms with E-state index in [1.807, 2.05) is 6.07 Å². The third kappa shape index (κ3) is 4.71. The smallest absolute Gasteiger partial charge is 0.238 e. The summed E-state index contributed by atoms with van der Waals surface area (Å²) >= 11 is 0. The van der Waals surface area contributed by atoms with Crippen molar-refractivity contribution in [3.63, 3.8) is 0 Å². The summed E-state index contributed by atoms with van der Waals surface area (Å²) in [6.45, 7) is 0. The van der Waals surface area contributed by atoms with Crippen molar-refractivity contribution in [1.82, 2.24) is 19.5 Å².